The number of benzene rings is 1. The number of hydrogen-bond acceptors (Lipinski definition) is 12. The number of hydrogen-bond donors (Lipinski definition) is 5. The highest BCUT2D eigenvalue weighted by Gasteiger charge is 2.40. The van der Waals surface area contributed by atoms with Crippen molar-refractivity contribution in [3.05, 3.63) is 65.2 Å². The first-order valence-corrected chi connectivity index (χ1v) is 17.5. The van der Waals surface area contributed by atoms with E-state index in [1.54, 1.807) is 20.8 Å². The number of nitrogens with zero attached hydrogens (tertiary/aromatic N) is 6. The van der Waals surface area contributed by atoms with E-state index in [0.29, 0.717) is 61.2 Å². The molecule has 0 saturated carbocycles. The fourth-order valence-electron chi connectivity index (χ4n) is 5.40. The van der Waals surface area contributed by atoms with Crippen molar-refractivity contribution in [1.29, 1.82) is 0 Å². The summed E-state index contributed by atoms with van der Waals surface area (Å²) in [6, 6.07) is 8.41. The van der Waals surface area contributed by atoms with Crippen LogP contribution in [0.4, 0.5) is 20.7 Å². The Labute approximate surface area is 298 Å². The van der Waals surface area contributed by atoms with Crippen LogP contribution in [-0.4, -0.2) is 66.3 Å². The molecule has 5 aromatic rings. The van der Waals surface area contributed by atoms with E-state index < -0.39 is 17.5 Å². The van der Waals surface area contributed by atoms with Crippen LogP contribution in [-0.2, 0) is 28.9 Å². The van der Waals surface area contributed by atoms with Gasteiger partial charge in [-0.25, -0.2) is 40.0 Å². The standard InChI is InChI=1S/C35H40FN11O3S/c1-5-6-14-35(45-46-35)15-11-28(48)41-22-9-10-24-25(19-22)43-27(42-24)12-17-37-18-13-29-44-30-31(39-21-40-32(30)51-29)47(33(49)50-34(2,3)4)20-26-23(36)8-7-16-38-26/h1,7-10,16,19,21,37,45-46H,6,11-15,17-18,20H2,2-4H3,(H,41,48)(H,42,43). The molecular weight excluding hydrogens is 674 g/mol. The lowest BCUT2D eigenvalue weighted by Crippen LogP contribution is -2.37. The van der Waals surface area contributed by atoms with Crippen molar-refractivity contribution in [1.82, 2.24) is 46.1 Å². The average molecular weight is 714 g/mol. The number of ether oxygens (including phenoxy) is 1. The van der Waals surface area contributed by atoms with Gasteiger partial charge >= 0.3 is 6.09 Å². The molecule has 0 atom stereocenters. The minimum absolute atomic E-state index is 0.0680. The van der Waals surface area contributed by atoms with Gasteiger partial charge in [-0.1, -0.05) is 11.3 Å². The Morgan fingerprint density at radius 1 is 1.10 bits per heavy atom. The van der Waals surface area contributed by atoms with Gasteiger partial charge in [-0.15, -0.1) is 12.3 Å². The summed E-state index contributed by atoms with van der Waals surface area (Å²) in [6.07, 6.45) is 11.2. The lowest BCUT2D eigenvalue weighted by molar-refractivity contribution is -0.116. The van der Waals surface area contributed by atoms with Crippen LogP contribution >= 0.6 is 11.3 Å². The van der Waals surface area contributed by atoms with Crippen LogP contribution < -0.4 is 26.4 Å². The molecule has 266 valence electrons. The predicted molar refractivity (Wildman–Crippen MR) is 193 cm³/mol. The van der Waals surface area contributed by atoms with Crippen molar-refractivity contribution in [2.75, 3.05) is 23.3 Å². The third-order valence-corrected chi connectivity index (χ3v) is 9.08. The number of pyridine rings is 1. The average Bonchev–Trinajstić information content (AvgIpc) is 3.54. The van der Waals surface area contributed by atoms with E-state index in [9.17, 15) is 14.0 Å². The maximum atomic E-state index is 14.6. The van der Waals surface area contributed by atoms with Crippen LogP contribution in [0.3, 0.4) is 0 Å². The summed E-state index contributed by atoms with van der Waals surface area (Å²) in [5.74, 6) is 3.07. The quantitative estimate of drug-likeness (QED) is 0.0571. The normalized spacial score (nSPS) is 13.6. The molecule has 5 N–H and O–H groups in total. The van der Waals surface area contributed by atoms with E-state index in [4.69, 9.17) is 21.1 Å². The highest BCUT2D eigenvalue weighted by atomic mass is 32.1. The van der Waals surface area contributed by atoms with Crippen molar-refractivity contribution in [2.45, 2.75) is 77.1 Å². The summed E-state index contributed by atoms with van der Waals surface area (Å²) in [6.45, 7) is 6.39. The second-order valence-corrected chi connectivity index (χ2v) is 14.3. The minimum atomic E-state index is -0.787. The van der Waals surface area contributed by atoms with Crippen LogP contribution in [0.5, 0.6) is 0 Å². The Morgan fingerprint density at radius 3 is 2.69 bits per heavy atom. The highest BCUT2D eigenvalue weighted by Crippen LogP contribution is 2.30. The molecule has 0 radical (unpaired) electrons. The first-order valence-electron chi connectivity index (χ1n) is 16.7. The lowest BCUT2D eigenvalue weighted by atomic mass is 10.0. The first kappa shape index (κ1) is 35.7. The Kier molecular flexibility index (Phi) is 10.8. The SMILES string of the molecule is C#CCCC1(CCC(=O)Nc2ccc3[nH]c(CCNCCc4nc5c(N(Cc6ncccc6F)C(=O)OC(C)(C)C)ncnc5s4)nc3c2)NN1. The maximum absolute atomic E-state index is 14.6. The summed E-state index contributed by atoms with van der Waals surface area (Å²) in [5, 5.41) is 7.20. The van der Waals surface area contributed by atoms with E-state index >= 15 is 0 Å². The van der Waals surface area contributed by atoms with Gasteiger partial charge in [0.15, 0.2) is 5.82 Å². The van der Waals surface area contributed by atoms with Crippen LogP contribution in [0.25, 0.3) is 21.4 Å². The van der Waals surface area contributed by atoms with Gasteiger partial charge in [0.25, 0.3) is 0 Å². The Hall–Kier alpha value is -5.08. The number of carbonyl (C=O) groups is 2. The van der Waals surface area contributed by atoms with Crippen LogP contribution in [0.1, 0.15) is 63.0 Å². The smallest absolute Gasteiger partial charge is 0.416 e. The van der Waals surface area contributed by atoms with Crippen LogP contribution in [0, 0.1) is 18.2 Å². The van der Waals surface area contributed by atoms with Crippen LogP contribution in [0.2, 0.25) is 0 Å². The predicted octanol–water partition coefficient (Wildman–Crippen LogP) is 4.75. The molecule has 1 fully saturated rings. The molecule has 2 amide bonds. The van der Waals surface area contributed by atoms with Crippen LogP contribution in [0.15, 0.2) is 42.9 Å². The number of aromatic nitrogens is 6. The third-order valence-electron chi connectivity index (χ3n) is 8.06. The molecule has 1 aromatic carbocycles. The molecule has 0 bridgehead atoms. The summed E-state index contributed by atoms with van der Waals surface area (Å²) in [5.41, 5.74) is 8.06. The number of H-pyrrole nitrogens is 1. The summed E-state index contributed by atoms with van der Waals surface area (Å²) >= 11 is 1.40. The van der Waals surface area contributed by atoms with Crippen molar-refractivity contribution >= 4 is 56.2 Å². The molecule has 1 saturated heterocycles. The zero-order valence-electron chi connectivity index (χ0n) is 28.7. The lowest BCUT2D eigenvalue weighted by Gasteiger charge is -2.26. The Balaban J connectivity index is 1.02. The second kappa shape index (κ2) is 15.4. The molecule has 4 aromatic heterocycles. The number of fused-ring (bicyclic) bond motifs is 2. The molecule has 14 nitrogen and oxygen atoms in total. The number of aromatic amines is 1. The van der Waals surface area contributed by atoms with Gasteiger partial charge in [-0.2, -0.15) is 0 Å². The molecule has 1 aliphatic heterocycles. The number of nitrogens with one attached hydrogen (secondary N) is 5. The monoisotopic (exact) mass is 713 g/mol. The third kappa shape index (κ3) is 9.38. The van der Waals surface area contributed by atoms with Gasteiger partial charge in [0.05, 0.1) is 33.9 Å². The molecule has 0 spiro atoms. The number of imidazole rings is 1. The van der Waals surface area contributed by atoms with Crippen molar-refractivity contribution in [2.24, 2.45) is 0 Å². The van der Waals surface area contributed by atoms with E-state index in [0.717, 1.165) is 28.3 Å². The van der Waals surface area contributed by atoms with E-state index in [1.807, 2.05) is 18.2 Å². The zero-order chi connectivity index (χ0) is 36.0. The zero-order valence-corrected chi connectivity index (χ0v) is 29.5. The molecule has 16 heteroatoms. The van der Waals surface area contributed by atoms with Gasteiger partial charge < -0.3 is 20.4 Å². The molecule has 5 heterocycles. The van der Waals surface area contributed by atoms with Gasteiger partial charge in [0.1, 0.15) is 33.9 Å². The molecule has 6 rings (SSSR count). The number of carbonyl (C=O) groups excluding carboxylic acids is 2. The van der Waals surface area contributed by atoms with Crippen molar-refractivity contribution < 1.29 is 18.7 Å². The van der Waals surface area contributed by atoms with E-state index in [2.05, 4.69) is 47.3 Å². The molecule has 0 unspecified atom stereocenters. The fourth-order valence-corrected chi connectivity index (χ4v) is 6.30. The second-order valence-electron chi connectivity index (χ2n) is 13.2. The molecule has 0 aliphatic carbocycles. The number of amides is 2. The van der Waals surface area contributed by atoms with E-state index in [-0.39, 0.29) is 29.6 Å². The van der Waals surface area contributed by atoms with Crippen molar-refractivity contribution in [3.63, 3.8) is 0 Å². The van der Waals surface area contributed by atoms with Crippen molar-refractivity contribution in [3.8, 4) is 12.3 Å². The number of terminal acetylenes is 1. The fraction of sp³-hybridized carbons (Fsp3) is 0.400. The number of anilines is 2. The van der Waals surface area contributed by atoms with Gasteiger partial charge in [0, 0.05) is 50.7 Å². The molecule has 51 heavy (non-hydrogen) atoms. The molecular formula is C35H40FN11O3S. The maximum Gasteiger partial charge on any atom is 0.416 e. The molecule has 1 aliphatic rings. The first-order chi connectivity index (χ1) is 24.5. The number of hydrazine groups is 1. The number of halogens is 1. The van der Waals surface area contributed by atoms with Gasteiger partial charge in [-0.05, 0) is 63.9 Å². The number of rotatable bonds is 15. The highest BCUT2D eigenvalue weighted by molar-refractivity contribution is 7.18. The summed E-state index contributed by atoms with van der Waals surface area (Å²) in [7, 11) is 0. The summed E-state index contributed by atoms with van der Waals surface area (Å²) in [4.78, 5) is 53.4. The number of thiazole rings is 1. The Morgan fingerprint density at radius 2 is 1.92 bits per heavy atom. The largest absolute Gasteiger partial charge is 0.443 e. The minimum Gasteiger partial charge on any atom is -0.443 e. The Bertz CT molecular complexity index is 2070. The van der Waals surface area contributed by atoms with Gasteiger partial charge in [-0.3, -0.25) is 14.7 Å². The topological polar surface area (TPSA) is 195 Å². The van der Waals surface area contributed by atoms with Gasteiger partial charge in [0.2, 0.25) is 5.91 Å². The van der Waals surface area contributed by atoms with E-state index in [1.165, 1.54) is 40.9 Å². The summed E-state index contributed by atoms with van der Waals surface area (Å²) < 4.78 is 20.2.